The molecule has 2 aromatic carbocycles. The third kappa shape index (κ3) is 2.71. The maximum atomic E-state index is 13.1. The van der Waals surface area contributed by atoms with E-state index in [1.807, 2.05) is 0 Å². The summed E-state index contributed by atoms with van der Waals surface area (Å²) in [6.45, 7) is 0. The molecule has 92 valence electrons. The summed E-state index contributed by atoms with van der Waals surface area (Å²) in [4.78, 5) is 10.9. The summed E-state index contributed by atoms with van der Waals surface area (Å²) in [5.74, 6) is 0.355. The Morgan fingerprint density at radius 3 is 2.72 bits per heavy atom. The Morgan fingerprint density at radius 2 is 2.06 bits per heavy atom. The maximum absolute atomic E-state index is 13.1. The van der Waals surface area contributed by atoms with Gasteiger partial charge in [-0.1, -0.05) is 17.7 Å². The van der Waals surface area contributed by atoms with E-state index in [1.165, 1.54) is 18.2 Å². The molecule has 0 aliphatic carbocycles. The van der Waals surface area contributed by atoms with E-state index in [0.717, 1.165) is 0 Å². The number of carbonyl (C=O) groups is 1. The molecule has 0 atom stereocenters. The smallest absolute Gasteiger partial charge is 0.155 e. The highest BCUT2D eigenvalue weighted by atomic mass is 79.9. The molecule has 0 unspecified atom stereocenters. The Hall–Kier alpha value is -1.39. The van der Waals surface area contributed by atoms with Crippen molar-refractivity contribution in [1.29, 1.82) is 0 Å². The van der Waals surface area contributed by atoms with E-state index in [2.05, 4.69) is 15.9 Å². The highest BCUT2D eigenvalue weighted by molar-refractivity contribution is 9.10. The first kappa shape index (κ1) is 13.1. The average Bonchev–Trinajstić information content (AvgIpc) is 2.34. The summed E-state index contributed by atoms with van der Waals surface area (Å²) in [7, 11) is 0. The van der Waals surface area contributed by atoms with Gasteiger partial charge in [0.05, 0.1) is 15.1 Å². The minimum absolute atomic E-state index is 0.264. The summed E-state index contributed by atoms with van der Waals surface area (Å²) in [6, 6.07) is 9.10. The number of hydrogen-bond acceptors (Lipinski definition) is 2. The first-order valence-electron chi connectivity index (χ1n) is 4.98. The Morgan fingerprint density at radius 1 is 1.28 bits per heavy atom. The number of carbonyl (C=O) groups excluding carboxylic acids is 1. The average molecular weight is 330 g/mol. The van der Waals surface area contributed by atoms with Crippen LogP contribution in [0.2, 0.25) is 5.02 Å². The minimum atomic E-state index is -0.385. The largest absolute Gasteiger partial charge is 0.457 e. The zero-order valence-electron chi connectivity index (χ0n) is 8.99. The molecule has 18 heavy (non-hydrogen) atoms. The first-order chi connectivity index (χ1) is 8.61. The van der Waals surface area contributed by atoms with Crippen molar-refractivity contribution in [2.24, 2.45) is 0 Å². The Kier molecular flexibility index (Phi) is 3.99. The molecule has 0 saturated heterocycles. The third-order valence-corrected chi connectivity index (χ3v) is 3.19. The fourth-order valence-electron chi connectivity index (χ4n) is 1.39. The van der Waals surface area contributed by atoms with Crippen LogP contribution in [0.3, 0.4) is 0 Å². The van der Waals surface area contributed by atoms with Crippen LogP contribution in [0.15, 0.2) is 40.9 Å². The molecule has 0 saturated carbocycles. The lowest BCUT2D eigenvalue weighted by atomic mass is 10.2. The molecule has 0 heterocycles. The molecule has 2 nitrogen and oxygen atoms in total. The van der Waals surface area contributed by atoms with Gasteiger partial charge in [0.1, 0.15) is 17.3 Å². The number of hydrogen-bond donors (Lipinski definition) is 0. The molecule has 0 aliphatic heterocycles. The van der Waals surface area contributed by atoms with Crippen molar-refractivity contribution >= 4 is 33.8 Å². The van der Waals surface area contributed by atoms with E-state index in [9.17, 15) is 9.18 Å². The SMILES string of the molecule is O=Cc1c(Cl)cccc1Oc1ccc(F)c(Br)c1. The molecular weight excluding hydrogens is 322 g/mol. The van der Waals surface area contributed by atoms with Crippen molar-refractivity contribution in [2.45, 2.75) is 0 Å². The van der Waals surface area contributed by atoms with Crippen LogP contribution in [0.1, 0.15) is 10.4 Å². The standard InChI is InChI=1S/C13H7BrClFO2/c14-10-6-8(4-5-12(10)16)18-13-3-1-2-11(15)9(13)7-17/h1-7H. The number of halogens is 3. The maximum Gasteiger partial charge on any atom is 0.155 e. The summed E-state index contributed by atoms with van der Waals surface area (Å²) in [6.07, 6.45) is 0.621. The van der Waals surface area contributed by atoms with Crippen LogP contribution >= 0.6 is 27.5 Å². The van der Waals surface area contributed by atoms with Gasteiger partial charge in [-0.3, -0.25) is 4.79 Å². The van der Waals surface area contributed by atoms with Gasteiger partial charge in [-0.2, -0.15) is 0 Å². The molecular formula is C13H7BrClFO2. The van der Waals surface area contributed by atoms with E-state index in [1.54, 1.807) is 18.2 Å². The van der Waals surface area contributed by atoms with Crippen molar-refractivity contribution in [2.75, 3.05) is 0 Å². The molecule has 2 aromatic rings. The second-order valence-corrected chi connectivity index (χ2v) is 4.71. The van der Waals surface area contributed by atoms with Gasteiger partial charge >= 0.3 is 0 Å². The number of benzene rings is 2. The van der Waals surface area contributed by atoms with Crippen LogP contribution < -0.4 is 4.74 Å². The van der Waals surface area contributed by atoms with Crippen LogP contribution in [-0.2, 0) is 0 Å². The van der Waals surface area contributed by atoms with E-state index in [4.69, 9.17) is 16.3 Å². The summed E-state index contributed by atoms with van der Waals surface area (Å²) in [5.41, 5.74) is 0.264. The second kappa shape index (κ2) is 5.50. The molecule has 5 heteroatoms. The fourth-order valence-corrected chi connectivity index (χ4v) is 1.96. The summed E-state index contributed by atoms with van der Waals surface area (Å²) in [5, 5.41) is 0.309. The number of rotatable bonds is 3. The van der Waals surface area contributed by atoms with Gasteiger partial charge in [0, 0.05) is 0 Å². The van der Waals surface area contributed by atoms with Crippen LogP contribution in [0.5, 0.6) is 11.5 Å². The van der Waals surface area contributed by atoms with Gasteiger partial charge in [-0.05, 0) is 46.3 Å². The van der Waals surface area contributed by atoms with Gasteiger partial charge in [-0.25, -0.2) is 4.39 Å². The molecule has 0 spiro atoms. The topological polar surface area (TPSA) is 26.3 Å². The molecule has 0 fully saturated rings. The van der Waals surface area contributed by atoms with Crippen molar-refractivity contribution in [3.8, 4) is 11.5 Å². The Balaban J connectivity index is 2.36. The lowest BCUT2D eigenvalue weighted by Gasteiger charge is -2.09. The van der Waals surface area contributed by atoms with Crippen LogP contribution in [0.4, 0.5) is 4.39 Å². The highest BCUT2D eigenvalue weighted by Gasteiger charge is 2.09. The number of ether oxygens (including phenoxy) is 1. The lowest BCUT2D eigenvalue weighted by Crippen LogP contribution is -1.91. The minimum Gasteiger partial charge on any atom is -0.457 e. The second-order valence-electron chi connectivity index (χ2n) is 3.45. The van der Waals surface area contributed by atoms with Crippen LogP contribution in [0, 0.1) is 5.82 Å². The normalized spacial score (nSPS) is 10.2. The first-order valence-corrected chi connectivity index (χ1v) is 6.15. The van der Waals surface area contributed by atoms with Crippen molar-refractivity contribution in [3.63, 3.8) is 0 Å². The Labute approximate surface area is 116 Å². The van der Waals surface area contributed by atoms with Gasteiger partial charge in [0.15, 0.2) is 6.29 Å². The van der Waals surface area contributed by atoms with Crippen LogP contribution in [0.25, 0.3) is 0 Å². The van der Waals surface area contributed by atoms with Crippen molar-refractivity contribution in [3.05, 3.63) is 57.3 Å². The molecule has 0 aromatic heterocycles. The van der Waals surface area contributed by atoms with Crippen LogP contribution in [-0.4, -0.2) is 6.29 Å². The van der Waals surface area contributed by atoms with E-state index < -0.39 is 0 Å². The van der Waals surface area contributed by atoms with E-state index >= 15 is 0 Å². The third-order valence-electron chi connectivity index (χ3n) is 2.25. The molecule has 2 rings (SSSR count). The van der Waals surface area contributed by atoms with Gasteiger partial charge < -0.3 is 4.74 Å². The van der Waals surface area contributed by atoms with Crippen molar-refractivity contribution < 1.29 is 13.9 Å². The summed E-state index contributed by atoms with van der Waals surface area (Å²) >= 11 is 8.93. The van der Waals surface area contributed by atoms with Gasteiger partial charge in [0.2, 0.25) is 0 Å². The lowest BCUT2D eigenvalue weighted by molar-refractivity contribution is 0.112. The molecule has 0 radical (unpaired) electrons. The predicted molar refractivity (Wildman–Crippen MR) is 71.0 cm³/mol. The fraction of sp³-hybridized carbons (Fsp3) is 0. The zero-order chi connectivity index (χ0) is 13.1. The highest BCUT2D eigenvalue weighted by Crippen LogP contribution is 2.30. The Bertz CT molecular complexity index is 602. The predicted octanol–water partition coefficient (Wildman–Crippen LogP) is 4.85. The molecule has 0 bridgehead atoms. The quantitative estimate of drug-likeness (QED) is 0.753. The van der Waals surface area contributed by atoms with E-state index in [0.29, 0.717) is 22.8 Å². The van der Waals surface area contributed by atoms with Gasteiger partial charge in [0.25, 0.3) is 0 Å². The van der Waals surface area contributed by atoms with Gasteiger partial charge in [-0.15, -0.1) is 0 Å². The zero-order valence-corrected chi connectivity index (χ0v) is 11.3. The number of aldehydes is 1. The molecule has 0 aliphatic rings. The van der Waals surface area contributed by atoms with Crippen molar-refractivity contribution in [1.82, 2.24) is 0 Å². The summed E-state index contributed by atoms with van der Waals surface area (Å²) < 4.78 is 18.9. The molecule has 0 amide bonds. The molecule has 0 N–H and O–H groups in total. The van der Waals surface area contributed by atoms with E-state index in [-0.39, 0.29) is 15.9 Å². The monoisotopic (exact) mass is 328 g/mol.